The van der Waals surface area contributed by atoms with Crippen LogP contribution in [0.2, 0.25) is 0 Å². The van der Waals surface area contributed by atoms with E-state index in [0.29, 0.717) is 5.88 Å². The van der Waals surface area contributed by atoms with Crippen LogP contribution in [0, 0.1) is 23.7 Å². The van der Waals surface area contributed by atoms with Gasteiger partial charge in [-0.25, -0.2) is 0 Å². The van der Waals surface area contributed by atoms with Crippen molar-refractivity contribution in [1.82, 2.24) is 0 Å². The summed E-state index contributed by atoms with van der Waals surface area (Å²) < 4.78 is 5.39. The van der Waals surface area contributed by atoms with Crippen LogP contribution in [-0.2, 0) is 4.74 Å². The van der Waals surface area contributed by atoms with Gasteiger partial charge in [0.15, 0.2) is 0 Å². The van der Waals surface area contributed by atoms with E-state index in [2.05, 4.69) is 23.7 Å². The summed E-state index contributed by atoms with van der Waals surface area (Å²) in [5.74, 6) is 12.1. The molecule has 0 N–H and O–H groups in total. The van der Waals surface area contributed by atoms with Crippen molar-refractivity contribution in [2.75, 3.05) is 5.88 Å². The Morgan fingerprint density at radius 1 is 1.47 bits per heavy atom. The Kier molecular flexibility index (Phi) is 5.23. The Balaban J connectivity index is 2.47. The van der Waals surface area contributed by atoms with Crippen LogP contribution < -0.4 is 0 Å². The van der Waals surface area contributed by atoms with Gasteiger partial charge in [-0.1, -0.05) is 17.9 Å². The lowest BCUT2D eigenvalue weighted by atomic mass is 10.4. The van der Waals surface area contributed by atoms with Crippen LogP contribution in [0.4, 0.5) is 0 Å². The van der Waals surface area contributed by atoms with Crippen LogP contribution in [-0.4, -0.2) is 12.0 Å². The SMILES string of the molecule is C/C=C/C#CC#C/C=C1\C=CC(CCl)O1. The van der Waals surface area contributed by atoms with Crippen LogP contribution in [0.25, 0.3) is 0 Å². The lowest BCUT2D eigenvalue weighted by Gasteiger charge is -2.04. The second-order valence-electron chi connectivity index (χ2n) is 2.76. The minimum Gasteiger partial charge on any atom is -0.484 e. The maximum Gasteiger partial charge on any atom is 0.131 e. The van der Waals surface area contributed by atoms with E-state index < -0.39 is 0 Å². The predicted octanol–water partition coefficient (Wildman–Crippen LogP) is 2.65. The molecule has 1 aliphatic heterocycles. The third-order valence-electron chi connectivity index (χ3n) is 1.59. The summed E-state index contributed by atoms with van der Waals surface area (Å²) in [6.45, 7) is 1.91. The van der Waals surface area contributed by atoms with Gasteiger partial charge in [0.05, 0.1) is 5.88 Å². The third kappa shape index (κ3) is 4.45. The number of hydrogen-bond donors (Lipinski definition) is 0. The highest BCUT2D eigenvalue weighted by Gasteiger charge is 2.11. The molecule has 0 saturated carbocycles. The summed E-state index contributed by atoms with van der Waals surface area (Å²) in [6.07, 6.45) is 9.05. The van der Waals surface area contributed by atoms with Crippen molar-refractivity contribution in [3.8, 4) is 23.7 Å². The highest BCUT2D eigenvalue weighted by atomic mass is 35.5. The summed E-state index contributed by atoms with van der Waals surface area (Å²) in [4.78, 5) is 0. The molecule has 1 nitrogen and oxygen atoms in total. The molecule has 0 radical (unpaired) electrons. The molecule has 0 saturated heterocycles. The molecule has 76 valence electrons. The zero-order valence-corrected chi connectivity index (χ0v) is 9.21. The van der Waals surface area contributed by atoms with Crippen molar-refractivity contribution in [3.05, 3.63) is 36.1 Å². The number of rotatable bonds is 1. The molecule has 0 fully saturated rings. The van der Waals surface area contributed by atoms with Gasteiger partial charge in [0.25, 0.3) is 0 Å². The lowest BCUT2D eigenvalue weighted by Crippen LogP contribution is -2.04. The van der Waals surface area contributed by atoms with Gasteiger partial charge in [0.1, 0.15) is 11.9 Å². The van der Waals surface area contributed by atoms with Gasteiger partial charge in [-0.15, -0.1) is 11.6 Å². The van der Waals surface area contributed by atoms with Crippen molar-refractivity contribution >= 4 is 11.6 Å². The molecule has 0 aromatic rings. The number of halogens is 1. The molecule has 1 aliphatic rings. The average molecular weight is 219 g/mol. The molecule has 0 aliphatic carbocycles. The molecule has 0 spiro atoms. The van der Waals surface area contributed by atoms with Crippen LogP contribution in [0.3, 0.4) is 0 Å². The summed E-state index contributed by atoms with van der Waals surface area (Å²) in [7, 11) is 0. The van der Waals surface area contributed by atoms with Crippen LogP contribution >= 0.6 is 11.6 Å². The highest BCUT2D eigenvalue weighted by Crippen LogP contribution is 2.14. The lowest BCUT2D eigenvalue weighted by molar-refractivity contribution is 0.201. The fourth-order valence-electron chi connectivity index (χ4n) is 0.925. The predicted molar refractivity (Wildman–Crippen MR) is 63.2 cm³/mol. The fraction of sp³-hybridized carbons (Fsp3) is 0.231. The first-order valence-electron chi connectivity index (χ1n) is 4.60. The van der Waals surface area contributed by atoms with Gasteiger partial charge >= 0.3 is 0 Å². The standard InChI is InChI=1S/C13H11ClO/c1-2-3-4-5-6-7-8-12-9-10-13(11-14)15-12/h2-3,8-10,13H,11H2,1H3/b3-2+,12-8+. The Bertz CT molecular complexity index is 407. The zero-order chi connectivity index (χ0) is 10.9. The normalized spacial score (nSPS) is 20.7. The third-order valence-corrected chi connectivity index (χ3v) is 1.89. The van der Waals surface area contributed by atoms with Crippen molar-refractivity contribution < 1.29 is 4.74 Å². The summed E-state index contributed by atoms with van der Waals surface area (Å²) >= 11 is 5.62. The van der Waals surface area contributed by atoms with Crippen molar-refractivity contribution in [2.24, 2.45) is 0 Å². The molecule has 0 aromatic carbocycles. The first kappa shape index (κ1) is 11.5. The first-order valence-corrected chi connectivity index (χ1v) is 5.13. The van der Waals surface area contributed by atoms with Gasteiger partial charge in [-0.05, 0) is 37.0 Å². The molecular formula is C13H11ClO. The second-order valence-corrected chi connectivity index (χ2v) is 3.06. The number of ether oxygens (including phenoxy) is 1. The Hall–Kier alpha value is -1.57. The summed E-state index contributed by atoms with van der Waals surface area (Å²) in [5, 5.41) is 0. The highest BCUT2D eigenvalue weighted by molar-refractivity contribution is 6.18. The maximum absolute atomic E-state index is 5.62. The van der Waals surface area contributed by atoms with Gasteiger partial charge in [0.2, 0.25) is 0 Å². The van der Waals surface area contributed by atoms with Gasteiger partial charge in [-0.3, -0.25) is 0 Å². The van der Waals surface area contributed by atoms with E-state index in [1.807, 2.05) is 25.2 Å². The minimum atomic E-state index is -0.0196. The monoisotopic (exact) mass is 218 g/mol. The van der Waals surface area contributed by atoms with E-state index in [-0.39, 0.29) is 6.10 Å². The molecule has 0 bridgehead atoms. The van der Waals surface area contributed by atoms with Gasteiger partial charge < -0.3 is 4.74 Å². The fourth-order valence-corrected chi connectivity index (χ4v) is 1.09. The first-order chi connectivity index (χ1) is 7.36. The topological polar surface area (TPSA) is 9.23 Å². The molecule has 1 rings (SSSR count). The Labute approximate surface area is 95.5 Å². The van der Waals surface area contributed by atoms with E-state index >= 15 is 0 Å². The largest absolute Gasteiger partial charge is 0.484 e. The molecule has 0 aromatic heterocycles. The average Bonchev–Trinajstić information content (AvgIpc) is 2.71. The van der Waals surface area contributed by atoms with Crippen molar-refractivity contribution in [2.45, 2.75) is 13.0 Å². The quantitative estimate of drug-likeness (QED) is 0.486. The molecule has 1 heterocycles. The molecule has 2 heteroatoms. The Morgan fingerprint density at radius 3 is 2.93 bits per heavy atom. The van der Waals surface area contributed by atoms with Crippen molar-refractivity contribution in [3.63, 3.8) is 0 Å². The maximum atomic E-state index is 5.62. The van der Waals surface area contributed by atoms with Crippen LogP contribution in [0.15, 0.2) is 36.1 Å². The molecule has 1 unspecified atom stereocenters. The molecule has 1 atom stereocenters. The van der Waals surface area contributed by atoms with Crippen LogP contribution in [0.5, 0.6) is 0 Å². The van der Waals surface area contributed by atoms with E-state index in [9.17, 15) is 0 Å². The summed E-state index contributed by atoms with van der Waals surface area (Å²) in [5.41, 5.74) is 0. The molecule has 0 amide bonds. The molecular weight excluding hydrogens is 208 g/mol. The van der Waals surface area contributed by atoms with Crippen molar-refractivity contribution in [1.29, 1.82) is 0 Å². The minimum absolute atomic E-state index is 0.0196. The second kappa shape index (κ2) is 6.82. The Morgan fingerprint density at radius 2 is 2.27 bits per heavy atom. The summed E-state index contributed by atoms with van der Waals surface area (Å²) in [6, 6.07) is 0. The smallest absolute Gasteiger partial charge is 0.131 e. The van der Waals surface area contributed by atoms with E-state index in [4.69, 9.17) is 16.3 Å². The van der Waals surface area contributed by atoms with E-state index in [1.165, 1.54) is 0 Å². The van der Waals surface area contributed by atoms with E-state index in [0.717, 1.165) is 5.76 Å². The zero-order valence-electron chi connectivity index (χ0n) is 8.46. The number of allylic oxidation sites excluding steroid dienone is 4. The van der Waals surface area contributed by atoms with Crippen LogP contribution in [0.1, 0.15) is 6.92 Å². The van der Waals surface area contributed by atoms with Gasteiger partial charge in [-0.2, -0.15) is 0 Å². The van der Waals surface area contributed by atoms with Gasteiger partial charge in [0, 0.05) is 6.08 Å². The number of alkyl halides is 1. The number of hydrogen-bond acceptors (Lipinski definition) is 1. The molecule has 15 heavy (non-hydrogen) atoms. The van der Waals surface area contributed by atoms with E-state index in [1.54, 1.807) is 12.2 Å².